The highest BCUT2D eigenvalue weighted by molar-refractivity contribution is 6.31. The second-order valence-electron chi connectivity index (χ2n) is 4.36. The molecule has 1 aromatic carbocycles. The van der Waals surface area contributed by atoms with Gasteiger partial charge in [0, 0.05) is 29.9 Å². The van der Waals surface area contributed by atoms with Crippen LogP contribution in [0.5, 0.6) is 0 Å². The molecule has 0 amide bonds. The summed E-state index contributed by atoms with van der Waals surface area (Å²) >= 11 is 5.95. The van der Waals surface area contributed by atoms with E-state index in [0.29, 0.717) is 17.3 Å². The molecule has 2 rings (SSSR count). The SMILES string of the molecule is Cc1nn(C)c(C)c1CNc1cc(Cl)ccc1N. The molecule has 0 fully saturated rings. The van der Waals surface area contributed by atoms with E-state index in [0.717, 1.165) is 17.1 Å². The van der Waals surface area contributed by atoms with Crippen molar-refractivity contribution in [2.45, 2.75) is 20.4 Å². The van der Waals surface area contributed by atoms with Crippen LogP contribution in [0.1, 0.15) is 17.0 Å². The lowest BCUT2D eigenvalue weighted by atomic mass is 10.2. The molecule has 0 aliphatic rings. The Labute approximate surface area is 112 Å². The number of halogens is 1. The van der Waals surface area contributed by atoms with Crippen molar-refractivity contribution in [3.63, 3.8) is 0 Å². The Morgan fingerprint density at radius 2 is 2.11 bits per heavy atom. The van der Waals surface area contributed by atoms with Crippen molar-refractivity contribution < 1.29 is 0 Å². The van der Waals surface area contributed by atoms with E-state index < -0.39 is 0 Å². The Morgan fingerprint density at radius 1 is 1.39 bits per heavy atom. The number of aromatic nitrogens is 2. The summed E-state index contributed by atoms with van der Waals surface area (Å²) in [5.41, 5.74) is 10.8. The summed E-state index contributed by atoms with van der Waals surface area (Å²) in [6.45, 7) is 4.75. The van der Waals surface area contributed by atoms with E-state index in [-0.39, 0.29) is 0 Å². The van der Waals surface area contributed by atoms with Crippen molar-refractivity contribution in [3.05, 3.63) is 40.2 Å². The Hall–Kier alpha value is -1.68. The lowest BCUT2D eigenvalue weighted by Gasteiger charge is -2.10. The van der Waals surface area contributed by atoms with Crippen LogP contribution in [0, 0.1) is 13.8 Å². The van der Waals surface area contributed by atoms with Crippen LogP contribution >= 0.6 is 11.6 Å². The zero-order valence-corrected chi connectivity index (χ0v) is 11.5. The van der Waals surface area contributed by atoms with Gasteiger partial charge >= 0.3 is 0 Å². The summed E-state index contributed by atoms with van der Waals surface area (Å²) in [4.78, 5) is 0. The molecule has 0 atom stereocenters. The van der Waals surface area contributed by atoms with Crippen molar-refractivity contribution in [1.29, 1.82) is 0 Å². The molecule has 0 aliphatic heterocycles. The number of nitrogens with one attached hydrogen (secondary N) is 1. The predicted octanol–water partition coefficient (Wildman–Crippen LogP) is 2.88. The van der Waals surface area contributed by atoms with Crippen LogP contribution in [0.3, 0.4) is 0 Å². The lowest BCUT2D eigenvalue weighted by molar-refractivity contribution is 0.730. The van der Waals surface area contributed by atoms with E-state index in [1.165, 1.54) is 5.56 Å². The van der Waals surface area contributed by atoms with E-state index in [4.69, 9.17) is 17.3 Å². The summed E-state index contributed by atoms with van der Waals surface area (Å²) in [5, 5.41) is 8.36. The van der Waals surface area contributed by atoms with Gasteiger partial charge in [0.15, 0.2) is 0 Å². The molecule has 1 aromatic heterocycles. The van der Waals surface area contributed by atoms with Crippen LogP contribution in [-0.4, -0.2) is 9.78 Å². The molecule has 0 spiro atoms. The van der Waals surface area contributed by atoms with Crippen molar-refractivity contribution in [2.24, 2.45) is 7.05 Å². The number of nitrogens with zero attached hydrogens (tertiary/aromatic N) is 2. The number of anilines is 2. The molecule has 2 aromatic rings. The zero-order valence-electron chi connectivity index (χ0n) is 10.8. The fourth-order valence-electron chi connectivity index (χ4n) is 1.94. The van der Waals surface area contributed by atoms with Gasteiger partial charge in [0.1, 0.15) is 0 Å². The summed E-state index contributed by atoms with van der Waals surface area (Å²) in [5.74, 6) is 0. The number of rotatable bonds is 3. The Balaban J connectivity index is 2.19. The predicted molar refractivity (Wildman–Crippen MR) is 75.9 cm³/mol. The molecule has 0 radical (unpaired) electrons. The van der Waals surface area contributed by atoms with Gasteiger partial charge in [-0.1, -0.05) is 11.6 Å². The van der Waals surface area contributed by atoms with E-state index >= 15 is 0 Å². The smallest absolute Gasteiger partial charge is 0.0646 e. The molecule has 1 heterocycles. The van der Waals surface area contributed by atoms with Gasteiger partial charge in [-0.3, -0.25) is 4.68 Å². The fraction of sp³-hybridized carbons (Fsp3) is 0.308. The highest BCUT2D eigenvalue weighted by Gasteiger charge is 2.09. The third-order valence-electron chi connectivity index (χ3n) is 3.13. The first kappa shape index (κ1) is 12.8. The zero-order chi connectivity index (χ0) is 13.3. The first-order valence-corrected chi connectivity index (χ1v) is 6.15. The molecule has 18 heavy (non-hydrogen) atoms. The second-order valence-corrected chi connectivity index (χ2v) is 4.79. The number of hydrogen-bond acceptors (Lipinski definition) is 3. The minimum Gasteiger partial charge on any atom is -0.397 e. The van der Waals surface area contributed by atoms with Crippen molar-refractivity contribution >= 4 is 23.0 Å². The van der Waals surface area contributed by atoms with Gasteiger partial charge in [-0.15, -0.1) is 0 Å². The third kappa shape index (κ3) is 2.43. The van der Waals surface area contributed by atoms with Crippen LogP contribution < -0.4 is 11.1 Å². The van der Waals surface area contributed by atoms with Crippen LogP contribution in [0.25, 0.3) is 0 Å². The first-order chi connectivity index (χ1) is 8.49. The Bertz CT molecular complexity index is 575. The van der Waals surface area contributed by atoms with Crippen molar-refractivity contribution in [2.75, 3.05) is 11.1 Å². The van der Waals surface area contributed by atoms with Gasteiger partial charge in [0.05, 0.1) is 17.1 Å². The number of nitrogens with two attached hydrogens (primary N) is 1. The van der Waals surface area contributed by atoms with Crippen LogP contribution in [0.2, 0.25) is 5.02 Å². The fourth-order valence-corrected chi connectivity index (χ4v) is 2.11. The second kappa shape index (κ2) is 4.90. The van der Waals surface area contributed by atoms with Crippen LogP contribution in [0.15, 0.2) is 18.2 Å². The van der Waals surface area contributed by atoms with Gasteiger partial charge in [0.2, 0.25) is 0 Å². The maximum atomic E-state index is 5.95. The number of aryl methyl sites for hydroxylation is 2. The molecule has 4 nitrogen and oxygen atoms in total. The molecule has 0 bridgehead atoms. The molecular formula is C13H17ClN4. The van der Waals surface area contributed by atoms with Crippen molar-refractivity contribution in [3.8, 4) is 0 Å². The monoisotopic (exact) mass is 264 g/mol. The molecule has 0 saturated carbocycles. The Kier molecular flexibility index (Phi) is 3.48. The minimum absolute atomic E-state index is 0.673. The van der Waals surface area contributed by atoms with Crippen molar-refractivity contribution in [1.82, 2.24) is 9.78 Å². The highest BCUT2D eigenvalue weighted by Crippen LogP contribution is 2.24. The largest absolute Gasteiger partial charge is 0.397 e. The number of hydrogen-bond donors (Lipinski definition) is 2. The molecule has 3 N–H and O–H groups in total. The van der Waals surface area contributed by atoms with Gasteiger partial charge in [-0.05, 0) is 32.0 Å². The number of benzene rings is 1. The maximum absolute atomic E-state index is 5.95. The molecule has 96 valence electrons. The summed E-state index contributed by atoms with van der Waals surface area (Å²) in [6.07, 6.45) is 0. The van der Waals surface area contributed by atoms with E-state index in [2.05, 4.69) is 17.3 Å². The summed E-state index contributed by atoms with van der Waals surface area (Å²) in [6, 6.07) is 5.41. The quantitative estimate of drug-likeness (QED) is 0.838. The summed E-state index contributed by atoms with van der Waals surface area (Å²) in [7, 11) is 1.94. The first-order valence-electron chi connectivity index (χ1n) is 5.77. The average Bonchev–Trinajstić information content (AvgIpc) is 2.55. The van der Waals surface area contributed by atoms with Gasteiger partial charge in [-0.25, -0.2) is 0 Å². The molecular weight excluding hydrogens is 248 g/mol. The topological polar surface area (TPSA) is 55.9 Å². The van der Waals surface area contributed by atoms with Gasteiger partial charge < -0.3 is 11.1 Å². The lowest BCUT2D eigenvalue weighted by Crippen LogP contribution is -2.04. The van der Waals surface area contributed by atoms with Crippen LogP contribution in [0.4, 0.5) is 11.4 Å². The summed E-state index contributed by atoms with van der Waals surface area (Å²) < 4.78 is 1.88. The molecule has 0 saturated heterocycles. The molecule has 5 heteroatoms. The standard InChI is InChI=1S/C13H17ClN4/c1-8-11(9(2)18(3)17-8)7-16-13-6-10(14)4-5-12(13)15/h4-6,16H,7,15H2,1-3H3. The average molecular weight is 265 g/mol. The van der Waals surface area contributed by atoms with Gasteiger partial charge in [-0.2, -0.15) is 5.10 Å². The van der Waals surface area contributed by atoms with Crippen LogP contribution in [-0.2, 0) is 13.6 Å². The molecule has 0 aliphatic carbocycles. The third-order valence-corrected chi connectivity index (χ3v) is 3.36. The Morgan fingerprint density at radius 3 is 2.72 bits per heavy atom. The van der Waals surface area contributed by atoms with Gasteiger partial charge in [0.25, 0.3) is 0 Å². The highest BCUT2D eigenvalue weighted by atomic mass is 35.5. The number of nitrogen functional groups attached to an aromatic ring is 1. The molecule has 0 unspecified atom stereocenters. The van der Waals surface area contributed by atoms with E-state index in [9.17, 15) is 0 Å². The van der Waals surface area contributed by atoms with E-state index in [1.54, 1.807) is 12.1 Å². The minimum atomic E-state index is 0.673. The normalized spacial score (nSPS) is 10.7. The maximum Gasteiger partial charge on any atom is 0.0646 e. The van der Waals surface area contributed by atoms with E-state index in [1.807, 2.05) is 24.7 Å².